The van der Waals surface area contributed by atoms with Crippen LogP contribution in [0, 0.1) is 17.2 Å². The Morgan fingerprint density at radius 2 is 1.74 bits per heavy atom. The molecule has 1 aromatic carbocycles. The lowest BCUT2D eigenvalue weighted by molar-refractivity contribution is -0.131. The van der Waals surface area contributed by atoms with Crippen LogP contribution in [0.2, 0.25) is 10.0 Å². The monoisotopic (exact) mass is 567 g/mol. The number of fused-ring (bicyclic) bond motifs is 1. The number of hydrogen-bond acceptors (Lipinski definition) is 6. The Morgan fingerprint density at radius 1 is 1.16 bits per heavy atom. The lowest BCUT2D eigenvalue weighted by atomic mass is 10.0. The third kappa shape index (κ3) is 5.16. The molecular formula is C26H26Cl2F3N5O2. The van der Waals surface area contributed by atoms with Crippen LogP contribution in [0.25, 0.3) is 0 Å². The van der Waals surface area contributed by atoms with E-state index in [1.165, 1.54) is 37.9 Å². The average Bonchev–Trinajstić information content (AvgIpc) is 3.17. The molecule has 0 radical (unpaired) electrons. The van der Waals surface area contributed by atoms with Crippen molar-refractivity contribution in [2.24, 2.45) is 11.8 Å². The third-order valence-corrected chi connectivity index (χ3v) is 8.35. The van der Waals surface area contributed by atoms with E-state index in [0.29, 0.717) is 11.8 Å². The first-order valence-electron chi connectivity index (χ1n) is 12.0. The van der Waals surface area contributed by atoms with Crippen molar-refractivity contribution in [1.29, 1.82) is 5.41 Å². The van der Waals surface area contributed by atoms with Crippen molar-refractivity contribution in [3.8, 4) is 0 Å². The number of hydrogen-bond donors (Lipinski definition) is 1. The van der Waals surface area contributed by atoms with Crippen LogP contribution in [-0.4, -0.2) is 63.0 Å². The van der Waals surface area contributed by atoms with Crippen molar-refractivity contribution in [3.05, 3.63) is 69.4 Å². The molecule has 2 fully saturated rings. The Kier molecular flexibility index (Phi) is 7.86. The molecule has 7 nitrogen and oxygen atoms in total. The second kappa shape index (κ2) is 10.6. The number of benzene rings is 1. The minimum atomic E-state index is -4.92. The summed E-state index contributed by atoms with van der Waals surface area (Å²) in [5.74, 6) is -1.61. The van der Waals surface area contributed by atoms with Gasteiger partial charge >= 0.3 is 6.18 Å². The van der Waals surface area contributed by atoms with Crippen molar-refractivity contribution >= 4 is 41.1 Å². The van der Waals surface area contributed by atoms with Gasteiger partial charge in [-0.2, -0.15) is 13.2 Å². The summed E-state index contributed by atoms with van der Waals surface area (Å²) in [4.78, 5) is 36.7. The van der Waals surface area contributed by atoms with Gasteiger partial charge in [0.05, 0.1) is 27.7 Å². The fourth-order valence-electron chi connectivity index (χ4n) is 5.74. The lowest BCUT2D eigenvalue weighted by Gasteiger charge is -2.35. The molecule has 1 amide bonds. The first-order valence-corrected chi connectivity index (χ1v) is 12.7. The lowest BCUT2D eigenvalue weighted by Crippen LogP contribution is -2.44. The molecule has 0 spiro atoms. The Hall–Kier alpha value is -2.98. The van der Waals surface area contributed by atoms with Crippen LogP contribution in [0.5, 0.6) is 0 Å². The molecule has 0 aliphatic heterocycles. The normalized spacial score (nSPS) is 22.8. The summed E-state index contributed by atoms with van der Waals surface area (Å²) in [6, 6.07) is 4.44. The fraction of sp³-hybridized carbons (Fsp3) is 0.423. The van der Waals surface area contributed by atoms with E-state index in [1.807, 2.05) is 0 Å². The van der Waals surface area contributed by atoms with Gasteiger partial charge in [0.15, 0.2) is 5.78 Å². The van der Waals surface area contributed by atoms with E-state index in [1.54, 1.807) is 13.0 Å². The largest absolute Gasteiger partial charge is 0.431 e. The molecule has 2 aromatic rings. The topological polar surface area (TPSA) is 90.2 Å². The number of Topliss-reactive ketones (excluding diaryl/α,β-unsaturated/α-hetero) is 1. The zero-order valence-corrected chi connectivity index (χ0v) is 22.2. The van der Waals surface area contributed by atoms with Crippen molar-refractivity contribution < 1.29 is 22.8 Å². The number of amides is 1. The number of allylic oxidation sites excluding steroid dienone is 1. The maximum atomic E-state index is 14.5. The summed E-state index contributed by atoms with van der Waals surface area (Å²) in [5.41, 5.74) is -2.50. The van der Waals surface area contributed by atoms with Gasteiger partial charge in [-0.15, -0.1) is 0 Å². The molecule has 38 heavy (non-hydrogen) atoms. The highest BCUT2D eigenvalue weighted by molar-refractivity contribution is 6.40. The summed E-state index contributed by atoms with van der Waals surface area (Å²) in [7, 11) is 1.32. The highest BCUT2D eigenvalue weighted by Crippen LogP contribution is 2.64. The average molecular weight is 568 g/mol. The standard InChI is InChI=1S/C26H26Cl2F3N5O2/c1-25(17-5-3-6-18(17)25)35(2)23(26(29,30)31)16(9-32)24(38)36(12-15-10-33-14-34-11-15)13-21(37)22-19(27)7-4-8-20(22)28/h4,7-11,14,17-18,32H,3,5-6,12-13H2,1-2H3/b23-16+,32-9?/t17-,18?,25-/m1/s1. The number of halogens is 5. The number of carbonyl (C=O) groups excluding carboxylic acids is 2. The summed E-state index contributed by atoms with van der Waals surface area (Å²) < 4.78 is 43.6. The van der Waals surface area contributed by atoms with Crippen LogP contribution >= 0.6 is 23.2 Å². The van der Waals surface area contributed by atoms with E-state index < -0.39 is 41.2 Å². The molecule has 1 unspecified atom stereocenters. The van der Waals surface area contributed by atoms with Crippen LogP contribution in [-0.2, 0) is 11.3 Å². The van der Waals surface area contributed by atoms with Gasteiger partial charge in [0.25, 0.3) is 5.91 Å². The first-order chi connectivity index (χ1) is 17.9. The summed E-state index contributed by atoms with van der Waals surface area (Å²) in [6.07, 6.45) is 2.11. The molecule has 2 aliphatic rings. The second-order valence-electron chi connectivity index (χ2n) is 9.76. The van der Waals surface area contributed by atoms with E-state index in [-0.39, 0.29) is 34.0 Å². The number of ketones is 1. The van der Waals surface area contributed by atoms with Crippen molar-refractivity contribution in [2.45, 2.75) is 44.4 Å². The van der Waals surface area contributed by atoms with Gasteiger partial charge < -0.3 is 15.2 Å². The summed E-state index contributed by atoms with van der Waals surface area (Å²) in [5, 5.41) is 7.95. The van der Waals surface area contributed by atoms with Crippen molar-refractivity contribution in [1.82, 2.24) is 19.8 Å². The molecule has 1 N–H and O–H groups in total. The molecule has 202 valence electrons. The third-order valence-electron chi connectivity index (χ3n) is 7.72. The maximum Gasteiger partial charge on any atom is 0.431 e. The predicted octanol–water partition coefficient (Wildman–Crippen LogP) is 5.58. The number of alkyl halides is 3. The van der Waals surface area contributed by atoms with Crippen LogP contribution in [0.15, 0.2) is 48.2 Å². The fourth-order valence-corrected chi connectivity index (χ4v) is 6.35. The molecule has 0 saturated heterocycles. The Bertz CT molecular complexity index is 1260. The minimum Gasteiger partial charge on any atom is -0.364 e. The van der Waals surface area contributed by atoms with Gasteiger partial charge in [-0.3, -0.25) is 9.59 Å². The Balaban J connectivity index is 1.75. The van der Waals surface area contributed by atoms with E-state index in [9.17, 15) is 22.8 Å². The molecule has 2 aliphatic carbocycles. The van der Waals surface area contributed by atoms with Gasteiger partial charge in [0, 0.05) is 43.3 Å². The molecule has 0 bridgehead atoms. The molecular weight excluding hydrogens is 542 g/mol. The molecule has 4 rings (SSSR count). The van der Waals surface area contributed by atoms with Gasteiger partial charge in [0.2, 0.25) is 0 Å². The van der Waals surface area contributed by atoms with Crippen molar-refractivity contribution in [3.63, 3.8) is 0 Å². The van der Waals surface area contributed by atoms with Gasteiger partial charge in [-0.1, -0.05) is 35.7 Å². The number of rotatable bonds is 9. The van der Waals surface area contributed by atoms with E-state index in [0.717, 1.165) is 29.1 Å². The summed E-state index contributed by atoms with van der Waals surface area (Å²) >= 11 is 12.3. The van der Waals surface area contributed by atoms with Crippen LogP contribution in [0.3, 0.4) is 0 Å². The number of nitrogens with zero attached hydrogens (tertiary/aromatic N) is 4. The Labute approximate surface area is 228 Å². The van der Waals surface area contributed by atoms with E-state index in [4.69, 9.17) is 28.6 Å². The smallest absolute Gasteiger partial charge is 0.364 e. The highest BCUT2D eigenvalue weighted by Gasteiger charge is 2.67. The number of aromatic nitrogens is 2. The zero-order valence-electron chi connectivity index (χ0n) is 20.7. The van der Waals surface area contributed by atoms with Gasteiger partial charge in [-0.25, -0.2) is 9.97 Å². The summed E-state index contributed by atoms with van der Waals surface area (Å²) in [6.45, 7) is 0.857. The molecule has 3 atom stereocenters. The quantitative estimate of drug-likeness (QED) is 0.242. The number of nitrogens with one attached hydrogen (secondary N) is 1. The van der Waals surface area contributed by atoms with E-state index >= 15 is 0 Å². The number of carbonyl (C=O) groups is 2. The van der Waals surface area contributed by atoms with Gasteiger partial charge in [-0.05, 0) is 43.7 Å². The van der Waals surface area contributed by atoms with Crippen LogP contribution in [0.1, 0.15) is 42.1 Å². The SMILES string of the molecule is CN(/C(=C(\C=N)C(=O)N(CC(=O)c1c(Cl)cccc1Cl)Cc1cncnc1)C(F)(F)F)[C@@]1(C)C2CCC[C@H]21. The molecule has 1 aromatic heterocycles. The predicted molar refractivity (Wildman–Crippen MR) is 137 cm³/mol. The molecule has 12 heteroatoms. The van der Waals surface area contributed by atoms with Gasteiger partial charge in [0.1, 0.15) is 12.0 Å². The zero-order chi connectivity index (χ0) is 27.8. The maximum absolute atomic E-state index is 14.5. The Morgan fingerprint density at radius 3 is 2.26 bits per heavy atom. The van der Waals surface area contributed by atoms with Crippen LogP contribution in [0.4, 0.5) is 13.2 Å². The minimum absolute atomic E-state index is 0.0460. The highest BCUT2D eigenvalue weighted by atomic mass is 35.5. The van der Waals surface area contributed by atoms with Crippen molar-refractivity contribution in [2.75, 3.05) is 13.6 Å². The second-order valence-corrected chi connectivity index (χ2v) is 10.6. The molecule has 2 saturated carbocycles. The van der Waals surface area contributed by atoms with Crippen LogP contribution < -0.4 is 0 Å². The first kappa shape index (κ1) is 28.0. The molecule has 1 heterocycles. The van der Waals surface area contributed by atoms with E-state index in [2.05, 4.69) is 9.97 Å².